The first-order valence-electron chi connectivity index (χ1n) is 6.87. The highest BCUT2D eigenvalue weighted by Gasteiger charge is 2.32. The molecule has 1 saturated carbocycles. The van der Waals surface area contributed by atoms with Crippen molar-refractivity contribution in [1.82, 2.24) is 4.31 Å². The van der Waals surface area contributed by atoms with Crippen LogP contribution in [0, 0.1) is 5.82 Å². The van der Waals surface area contributed by atoms with Crippen molar-refractivity contribution in [3.8, 4) is 0 Å². The Labute approximate surface area is 124 Å². The fourth-order valence-electron chi connectivity index (χ4n) is 2.77. The van der Waals surface area contributed by atoms with Gasteiger partial charge in [0.15, 0.2) is 0 Å². The van der Waals surface area contributed by atoms with Crippen LogP contribution in [-0.2, 0) is 15.9 Å². The van der Waals surface area contributed by atoms with E-state index < -0.39 is 15.8 Å². The zero-order chi connectivity index (χ0) is 14.8. The molecule has 0 atom stereocenters. The zero-order valence-corrected chi connectivity index (χ0v) is 13.1. The molecule has 1 aromatic carbocycles. The summed E-state index contributed by atoms with van der Waals surface area (Å²) in [6.45, 7) is 2.27. The maximum Gasteiger partial charge on any atom is 0.243 e. The number of hydrogen-bond donors (Lipinski definition) is 0. The summed E-state index contributed by atoms with van der Waals surface area (Å²) >= 11 is 5.65. The Morgan fingerprint density at radius 2 is 2.00 bits per heavy atom. The lowest BCUT2D eigenvalue weighted by atomic mass is 10.2. The van der Waals surface area contributed by atoms with Crippen LogP contribution in [0.4, 0.5) is 4.39 Å². The maximum atomic E-state index is 13.4. The molecule has 112 valence electrons. The first-order valence-corrected chi connectivity index (χ1v) is 8.84. The molecular weight excluding hydrogens is 301 g/mol. The van der Waals surface area contributed by atoms with Crippen molar-refractivity contribution in [3.05, 3.63) is 29.6 Å². The van der Waals surface area contributed by atoms with Gasteiger partial charge in [-0.3, -0.25) is 0 Å². The van der Waals surface area contributed by atoms with E-state index in [9.17, 15) is 12.8 Å². The van der Waals surface area contributed by atoms with Gasteiger partial charge in [-0.05, 0) is 31.0 Å². The smallest absolute Gasteiger partial charge is 0.207 e. The molecule has 0 heterocycles. The van der Waals surface area contributed by atoms with Gasteiger partial charge in [0.25, 0.3) is 0 Å². The summed E-state index contributed by atoms with van der Waals surface area (Å²) in [7, 11) is -3.58. The maximum absolute atomic E-state index is 13.4. The van der Waals surface area contributed by atoms with Crippen LogP contribution in [0.2, 0.25) is 0 Å². The van der Waals surface area contributed by atoms with E-state index in [-0.39, 0.29) is 22.4 Å². The fraction of sp³-hybridized carbons (Fsp3) is 0.571. The summed E-state index contributed by atoms with van der Waals surface area (Å²) < 4.78 is 40.4. The van der Waals surface area contributed by atoms with Crippen LogP contribution in [-0.4, -0.2) is 25.3 Å². The average molecular weight is 320 g/mol. The summed E-state index contributed by atoms with van der Waals surface area (Å²) in [4.78, 5) is 0.128. The number of alkyl halides is 1. The molecule has 0 radical (unpaired) electrons. The van der Waals surface area contributed by atoms with E-state index in [1.807, 2.05) is 6.92 Å². The number of sulfonamides is 1. The number of benzene rings is 1. The van der Waals surface area contributed by atoms with Gasteiger partial charge in [0.05, 0.1) is 10.8 Å². The SMILES string of the molecule is CCN(C1CCCC1)S(=O)(=O)c1ccc(F)c(CCl)c1. The third-order valence-corrected chi connectivity index (χ3v) is 6.12. The number of hydrogen-bond acceptors (Lipinski definition) is 2. The molecule has 1 aromatic rings. The minimum Gasteiger partial charge on any atom is -0.207 e. The van der Waals surface area contributed by atoms with Crippen LogP contribution < -0.4 is 0 Å². The van der Waals surface area contributed by atoms with Gasteiger partial charge in [-0.2, -0.15) is 4.31 Å². The highest BCUT2D eigenvalue weighted by Crippen LogP contribution is 2.29. The Balaban J connectivity index is 2.37. The van der Waals surface area contributed by atoms with Gasteiger partial charge >= 0.3 is 0 Å². The van der Waals surface area contributed by atoms with E-state index in [0.29, 0.717) is 6.54 Å². The van der Waals surface area contributed by atoms with Crippen LogP contribution >= 0.6 is 11.6 Å². The fourth-order valence-corrected chi connectivity index (χ4v) is 4.72. The second-order valence-electron chi connectivity index (χ2n) is 5.03. The molecule has 0 N–H and O–H groups in total. The first-order chi connectivity index (χ1) is 9.50. The topological polar surface area (TPSA) is 37.4 Å². The first kappa shape index (κ1) is 15.7. The van der Waals surface area contributed by atoms with Gasteiger partial charge in [0, 0.05) is 18.2 Å². The quantitative estimate of drug-likeness (QED) is 0.779. The van der Waals surface area contributed by atoms with Gasteiger partial charge in [-0.25, -0.2) is 12.8 Å². The van der Waals surface area contributed by atoms with Crippen molar-refractivity contribution < 1.29 is 12.8 Å². The molecule has 0 aromatic heterocycles. The number of rotatable bonds is 5. The monoisotopic (exact) mass is 319 g/mol. The largest absolute Gasteiger partial charge is 0.243 e. The predicted octanol–water partition coefficient (Wildman–Crippen LogP) is 3.52. The lowest BCUT2D eigenvalue weighted by molar-refractivity contribution is 0.335. The van der Waals surface area contributed by atoms with Crippen LogP contribution in [0.5, 0.6) is 0 Å². The van der Waals surface area contributed by atoms with Crippen LogP contribution in [0.1, 0.15) is 38.2 Å². The minimum atomic E-state index is -3.58. The van der Waals surface area contributed by atoms with Crippen molar-refractivity contribution >= 4 is 21.6 Å². The average Bonchev–Trinajstić information content (AvgIpc) is 2.93. The van der Waals surface area contributed by atoms with Crippen LogP contribution in [0.15, 0.2) is 23.1 Å². The molecule has 0 bridgehead atoms. The second-order valence-corrected chi connectivity index (χ2v) is 7.19. The molecule has 0 aliphatic heterocycles. The van der Waals surface area contributed by atoms with Gasteiger partial charge in [0.1, 0.15) is 5.82 Å². The normalized spacial score (nSPS) is 17.0. The molecule has 1 aliphatic rings. The van der Waals surface area contributed by atoms with Gasteiger partial charge in [0.2, 0.25) is 10.0 Å². The van der Waals surface area contributed by atoms with Crippen LogP contribution in [0.3, 0.4) is 0 Å². The summed E-state index contributed by atoms with van der Waals surface area (Å²) in [5.41, 5.74) is 0.218. The molecule has 0 amide bonds. The number of nitrogens with zero attached hydrogens (tertiary/aromatic N) is 1. The molecule has 0 unspecified atom stereocenters. The highest BCUT2D eigenvalue weighted by atomic mass is 35.5. The lowest BCUT2D eigenvalue weighted by Crippen LogP contribution is -2.38. The summed E-state index contributed by atoms with van der Waals surface area (Å²) in [6, 6.07) is 3.90. The van der Waals surface area contributed by atoms with E-state index in [4.69, 9.17) is 11.6 Å². The summed E-state index contributed by atoms with van der Waals surface area (Å²) in [5.74, 6) is -0.507. The molecule has 1 fully saturated rings. The van der Waals surface area contributed by atoms with E-state index in [2.05, 4.69) is 0 Å². The summed E-state index contributed by atoms with van der Waals surface area (Å²) in [5, 5.41) is 0. The van der Waals surface area contributed by atoms with E-state index in [0.717, 1.165) is 25.7 Å². The molecule has 6 heteroatoms. The number of halogens is 2. The Morgan fingerprint density at radius 1 is 1.35 bits per heavy atom. The standard InChI is InChI=1S/C14H19ClFNO2S/c1-2-17(12-5-3-4-6-12)20(18,19)13-7-8-14(16)11(9-13)10-15/h7-9,12H,2-6,10H2,1H3. The van der Waals surface area contributed by atoms with Crippen LogP contribution in [0.25, 0.3) is 0 Å². The molecule has 0 spiro atoms. The van der Waals surface area contributed by atoms with Gasteiger partial charge in [-0.15, -0.1) is 11.6 Å². The molecule has 2 rings (SSSR count). The lowest BCUT2D eigenvalue weighted by Gasteiger charge is -2.26. The Morgan fingerprint density at radius 3 is 2.55 bits per heavy atom. The Hall–Kier alpha value is -0.650. The van der Waals surface area contributed by atoms with E-state index in [1.165, 1.54) is 22.5 Å². The Kier molecular flexibility index (Phi) is 5.04. The van der Waals surface area contributed by atoms with Crippen molar-refractivity contribution in [2.24, 2.45) is 0 Å². The molecular formula is C14H19ClFNO2S. The van der Waals surface area contributed by atoms with E-state index in [1.54, 1.807) is 0 Å². The molecule has 0 saturated heterocycles. The van der Waals surface area contributed by atoms with Crippen molar-refractivity contribution in [2.75, 3.05) is 6.54 Å². The highest BCUT2D eigenvalue weighted by molar-refractivity contribution is 7.89. The van der Waals surface area contributed by atoms with Crippen molar-refractivity contribution in [3.63, 3.8) is 0 Å². The zero-order valence-electron chi connectivity index (χ0n) is 11.5. The molecule has 3 nitrogen and oxygen atoms in total. The minimum absolute atomic E-state index is 0.0370. The van der Waals surface area contributed by atoms with Crippen molar-refractivity contribution in [1.29, 1.82) is 0 Å². The van der Waals surface area contributed by atoms with Crippen molar-refractivity contribution in [2.45, 2.75) is 49.4 Å². The van der Waals surface area contributed by atoms with Gasteiger partial charge in [-0.1, -0.05) is 19.8 Å². The molecule has 1 aliphatic carbocycles. The third kappa shape index (κ3) is 3.00. The molecule has 20 heavy (non-hydrogen) atoms. The summed E-state index contributed by atoms with van der Waals surface area (Å²) in [6.07, 6.45) is 3.92. The third-order valence-electron chi connectivity index (χ3n) is 3.81. The Bertz CT molecular complexity index is 571. The second kappa shape index (κ2) is 6.41. The predicted molar refractivity (Wildman–Crippen MR) is 77.8 cm³/mol. The van der Waals surface area contributed by atoms with E-state index >= 15 is 0 Å². The van der Waals surface area contributed by atoms with Gasteiger partial charge < -0.3 is 0 Å².